The molecule has 176 valence electrons. The largest absolute Gasteiger partial charge is 0.354 e. The molecule has 3 N–H and O–H groups in total. The maximum Gasteiger partial charge on any atom is 0.262 e. The summed E-state index contributed by atoms with van der Waals surface area (Å²) >= 11 is 0. The van der Waals surface area contributed by atoms with Gasteiger partial charge < -0.3 is 15.5 Å². The second-order valence-corrected chi connectivity index (χ2v) is 8.69. The molecule has 1 aromatic carbocycles. The summed E-state index contributed by atoms with van der Waals surface area (Å²) in [7, 11) is 0. The van der Waals surface area contributed by atoms with Crippen LogP contribution in [-0.2, 0) is 22.7 Å². The van der Waals surface area contributed by atoms with E-state index in [1.54, 1.807) is 12.1 Å². The van der Waals surface area contributed by atoms with E-state index >= 15 is 0 Å². The lowest BCUT2D eigenvalue weighted by atomic mass is 10.0. The van der Waals surface area contributed by atoms with Gasteiger partial charge in [0.05, 0.1) is 11.1 Å². The van der Waals surface area contributed by atoms with Gasteiger partial charge in [-0.25, -0.2) is 4.98 Å². The van der Waals surface area contributed by atoms with Gasteiger partial charge in [0.2, 0.25) is 11.8 Å². The van der Waals surface area contributed by atoms with E-state index in [4.69, 9.17) is 0 Å². The fraction of sp³-hybridized carbons (Fsp3) is 0.375. The van der Waals surface area contributed by atoms with Crippen molar-refractivity contribution in [1.29, 1.82) is 0 Å². The van der Waals surface area contributed by atoms with Crippen LogP contribution in [0.1, 0.15) is 44.7 Å². The number of imide groups is 2. The number of fused-ring (bicyclic) bond motifs is 1. The van der Waals surface area contributed by atoms with E-state index in [1.807, 2.05) is 18.3 Å². The Bertz CT molecular complexity index is 1160. The number of piperidine rings is 1. The number of hydrogen-bond donors (Lipinski definition) is 3. The Labute approximate surface area is 196 Å². The lowest BCUT2D eigenvalue weighted by Gasteiger charge is -2.28. The van der Waals surface area contributed by atoms with Crippen molar-refractivity contribution in [2.24, 2.45) is 0 Å². The second kappa shape index (κ2) is 9.32. The number of hydrogen-bond acceptors (Lipinski definition) is 8. The predicted molar refractivity (Wildman–Crippen MR) is 123 cm³/mol. The fourth-order valence-corrected chi connectivity index (χ4v) is 4.62. The lowest BCUT2D eigenvalue weighted by Crippen LogP contribution is -2.54. The first-order chi connectivity index (χ1) is 16.5. The van der Waals surface area contributed by atoms with Crippen molar-refractivity contribution in [2.75, 3.05) is 31.1 Å². The highest BCUT2D eigenvalue weighted by atomic mass is 16.2. The molecule has 0 bridgehead atoms. The van der Waals surface area contributed by atoms with Gasteiger partial charge in [-0.3, -0.25) is 29.4 Å². The number of amides is 4. The zero-order valence-electron chi connectivity index (χ0n) is 18.7. The van der Waals surface area contributed by atoms with E-state index in [9.17, 15) is 19.2 Å². The smallest absolute Gasteiger partial charge is 0.262 e. The maximum atomic E-state index is 13.0. The Hall–Kier alpha value is -3.63. The molecule has 1 atom stereocenters. The third kappa shape index (κ3) is 4.29. The van der Waals surface area contributed by atoms with E-state index in [2.05, 4.69) is 31.9 Å². The van der Waals surface area contributed by atoms with Crippen LogP contribution in [0, 0.1) is 0 Å². The molecule has 4 heterocycles. The molecule has 4 amide bonds. The SMILES string of the molecule is O=C1CCC(N2C(=O)c3ccc(CNCc4ccnc(N5CCNCC5)c4)cc3C2=O)C(=O)N1. The summed E-state index contributed by atoms with van der Waals surface area (Å²) in [5, 5.41) is 8.93. The van der Waals surface area contributed by atoms with Crippen LogP contribution in [0.25, 0.3) is 0 Å². The molecule has 0 spiro atoms. The molecule has 2 aromatic rings. The number of pyridine rings is 1. The van der Waals surface area contributed by atoms with Gasteiger partial charge in [0, 0.05) is 51.9 Å². The average Bonchev–Trinajstić information content (AvgIpc) is 3.09. The molecule has 0 radical (unpaired) electrons. The second-order valence-electron chi connectivity index (χ2n) is 8.69. The molecule has 2 fully saturated rings. The van der Waals surface area contributed by atoms with E-state index in [0.29, 0.717) is 18.7 Å². The summed E-state index contributed by atoms with van der Waals surface area (Å²) in [5.41, 5.74) is 2.55. The number of nitrogens with zero attached hydrogens (tertiary/aromatic N) is 3. The fourth-order valence-electron chi connectivity index (χ4n) is 4.62. The number of benzene rings is 1. The zero-order chi connectivity index (χ0) is 23.7. The van der Waals surface area contributed by atoms with Crippen LogP contribution in [0.3, 0.4) is 0 Å². The monoisotopic (exact) mass is 462 g/mol. The highest BCUT2D eigenvalue weighted by molar-refractivity contribution is 6.23. The van der Waals surface area contributed by atoms with Crippen LogP contribution < -0.4 is 20.9 Å². The van der Waals surface area contributed by atoms with Crippen molar-refractivity contribution in [2.45, 2.75) is 32.0 Å². The van der Waals surface area contributed by atoms with Crippen LogP contribution in [0.4, 0.5) is 5.82 Å². The first-order valence-corrected chi connectivity index (χ1v) is 11.5. The first-order valence-electron chi connectivity index (χ1n) is 11.5. The van der Waals surface area contributed by atoms with Gasteiger partial charge in [-0.1, -0.05) is 6.07 Å². The zero-order valence-corrected chi connectivity index (χ0v) is 18.7. The number of piperazine rings is 1. The molecule has 0 aliphatic carbocycles. The van der Waals surface area contributed by atoms with Gasteiger partial charge in [0.15, 0.2) is 0 Å². The van der Waals surface area contributed by atoms with Crippen LogP contribution in [0.2, 0.25) is 0 Å². The number of aromatic nitrogens is 1. The van der Waals surface area contributed by atoms with Gasteiger partial charge in [-0.05, 0) is 41.8 Å². The number of carbonyl (C=O) groups excluding carboxylic acids is 4. The molecule has 3 aliphatic rings. The maximum absolute atomic E-state index is 13.0. The quantitative estimate of drug-likeness (QED) is 0.520. The van der Waals surface area contributed by atoms with Crippen molar-refractivity contribution in [3.8, 4) is 0 Å². The summed E-state index contributed by atoms with van der Waals surface area (Å²) in [4.78, 5) is 57.2. The van der Waals surface area contributed by atoms with Gasteiger partial charge in [-0.2, -0.15) is 0 Å². The van der Waals surface area contributed by atoms with E-state index in [0.717, 1.165) is 48.0 Å². The summed E-state index contributed by atoms with van der Waals surface area (Å²) in [6.07, 6.45) is 2.06. The van der Waals surface area contributed by atoms with E-state index in [-0.39, 0.29) is 24.3 Å². The Balaban J connectivity index is 1.23. The van der Waals surface area contributed by atoms with Gasteiger partial charge in [0.1, 0.15) is 11.9 Å². The Morgan fingerprint density at radius 1 is 0.941 bits per heavy atom. The van der Waals surface area contributed by atoms with Crippen molar-refractivity contribution < 1.29 is 19.2 Å². The minimum absolute atomic E-state index is 0.102. The molecule has 10 heteroatoms. The summed E-state index contributed by atoms with van der Waals surface area (Å²) in [6.45, 7) is 4.91. The molecule has 34 heavy (non-hydrogen) atoms. The predicted octanol–water partition coefficient (Wildman–Crippen LogP) is 0.182. The van der Waals surface area contributed by atoms with E-state index < -0.39 is 23.8 Å². The Morgan fingerprint density at radius 2 is 1.68 bits per heavy atom. The van der Waals surface area contributed by atoms with Crippen LogP contribution >= 0.6 is 0 Å². The number of rotatable bonds is 6. The molecular weight excluding hydrogens is 436 g/mol. The molecule has 10 nitrogen and oxygen atoms in total. The summed E-state index contributed by atoms with van der Waals surface area (Å²) < 4.78 is 0. The molecule has 3 aliphatic heterocycles. The summed E-state index contributed by atoms with van der Waals surface area (Å²) in [5.74, 6) is -1.01. The molecule has 2 saturated heterocycles. The van der Waals surface area contributed by atoms with Gasteiger partial charge >= 0.3 is 0 Å². The molecule has 0 saturated carbocycles. The minimum atomic E-state index is -0.955. The highest BCUT2D eigenvalue weighted by Crippen LogP contribution is 2.28. The molecule has 1 aromatic heterocycles. The topological polar surface area (TPSA) is 124 Å². The Kier molecular flexibility index (Phi) is 6.08. The molecule has 5 rings (SSSR count). The number of anilines is 1. The third-order valence-corrected chi connectivity index (χ3v) is 6.41. The van der Waals surface area contributed by atoms with Crippen molar-refractivity contribution in [1.82, 2.24) is 25.8 Å². The standard InChI is InChI=1S/C24H26N6O4/c31-21-4-3-19(22(32)28-21)30-23(33)17-2-1-15(11-18(17)24(30)34)13-26-14-16-5-6-27-20(12-16)29-9-7-25-8-10-29/h1-2,5-6,11-12,19,25-26H,3-4,7-10,13-14H2,(H,28,31,32). The molecular formula is C24H26N6O4. The van der Waals surface area contributed by atoms with Crippen molar-refractivity contribution in [3.63, 3.8) is 0 Å². The van der Waals surface area contributed by atoms with E-state index in [1.165, 1.54) is 0 Å². The van der Waals surface area contributed by atoms with Crippen molar-refractivity contribution >= 4 is 29.4 Å². The Morgan fingerprint density at radius 3 is 2.44 bits per heavy atom. The number of carbonyl (C=O) groups is 4. The highest BCUT2D eigenvalue weighted by Gasteiger charge is 2.44. The van der Waals surface area contributed by atoms with Gasteiger partial charge in [0.25, 0.3) is 11.8 Å². The average molecular weight is 463 g/mol. The van der Waals surface area contributed by atoms with Crippen LogP contribution in [-0.4, -0.2) is 65.7 Å². The van der Waals surface area contributed by atoms with Crippen molar-refractivity contribution in [3.05, 3.63) is 58.8 Å². The normalized spacial score (nSPS) is 20.5. The third-order valence-electron chi connectivity index (χ3n) is 6.41. The van der Waals surface area contributed by atoms with Gasteiger partial charge in [-0.15, -0.1) is 0 Å². The first kappa shape index (κ1) is 22.2. The summed E-state index contributed by atoms with van der Waals surface area (Å²) in [6, 6.07) is 8.25. The molecule has 1 unspecified atom stereocenters. The number of nitrogens with one attached hydrogen (secondary N) is 3. The minimum Gasteiger partial charge on any atom is -0.354 e. The van der Waals surface area contributed by atoms with Crippen LogP contribution in [0.15, 0.2) is 36.5 Å². The lowest BCUT2D eigenvalue weighted by molar-refractivity contribution is -0.136. The van der Waals surface area contributed by atoms with Crippen LogP contribution in [0.5, 0.6) is 0 Å².